The Balaban J connectivity index is 0.00000200. The molecule has 1 unspecified atom stereocenters. The van der Waals surface area contributed by atoms with E-state index in [1.807, 2.05) is 0 Å². The highest BCUT2D eigenvalue weighted by atomic mass is 35.5. The van der Waals surface area contributed by atoms with Crippen molar-refractivity contribution in [3.05, 3.63) is 0 Å². The van der Waals surface area contributed by atoms with Gasteiger partial charge in [0.05, 0.1) is 12.6 Å². The van der Waals surface area contributed by atoms with Crippen molar-refractivity contribution in [3.63, 3.8) is 0 Å². The van der Waals surface area contributed by atoms with Gasteiger partial charge in [-0.1, -0.05) is 0 Å². The first-order valence-corrected chi connectivity index (χ1v) is 6.74. The quantitative estimate of drug-likeness (QED) is 0.808. The molecule has 0 aromatic rings. The Morgan fingerprint density at radius 3 is 2.57 bits per heavy atom. The lowest BCUT2D eigenvalue weighted by Gasteiger charge is -2.18. The van der Waals surface area contributed by atoms with Crippen LogP contribution < -0.4 is 10.6 Å². The lowest BCUT2D eigenvalue weighted by atomic mass is 10.1. The number of carbonyl (C=O) groups excluding carboxylic acids is 1. The Morgan fingerprint density at radius 2 is 2.00 bits per heavy atom. The minimum Gasteiger partial charge on any atom is -0.354 e. The van der Waals surface area contributed by atoms with Gasteiger partial charge < -0.3 is 10.6 Å². The standard InChI is InChI=1S/C12H20F3N3O.2ClH/c13-12(14,15)8-18-5-3-9(7-18)6-17-11(19)10-2-1-4-16-10;;/h9-10,16H,1-8H2,(H,17,19);2*1H/t9?,10-;;/m0../s1. The molecule has 2 atom stereocenters. The third-order valence-corrected chi connectivity index (χ3v) is 3.71. The fourth-order valence-electron chi connectivity index (χ4n) is 2.75. The van der Waals surface area contributed by atoms with Crippen molar-refractivity contribution in [3.8, 4) is 0 Å². The van der Waals surface area contributed by atoms with Gasteiger partial charge >= 0.3 is 6.18 Å². The first-order chi connectivity index (χ1) is 8.94. The van der Waals surface area contributed by atoms with Crippen LogP contribution in [0.2, 0.25) is 0 Å². The molecule has 0 saturated carbocycles. The highest BCUT2D eigenvalue weighted by molar-refractivity contribution is 5.85. The third kappa shape index (κ3) is 7.04. The number of hydrogen-bond donors (Lipinski definition) is 2. The molecule has 21 heavy (non-hydrogen) atoms. The van der Waals surface area contributed by atoms with Crippen LogP contribution in [-0.2, 0) is 4.79 Å². The average molecular weight is 352 g/mol. The fraction of sp³-hybridized carbons (Fsp3) is 0.917. The number of nitrogens with zero attached hydrogens (tertiary/aromatic N) is 1. The van der Waals surface area contributed by atoms with E-state index in [9.17, 15) is 18.0 Å². The topological polar surface area (TPSA) is 44.4 Å². The Bertz CT molecular complexity index is 325. The lowest BCUT2D eigenvalue weighted by Crippen LogP contribution is -2.42. The minimum absolute atomic E-state index is 0. The summed E-state index contributed by atoms with van der Waals surface area (Å²) in [6.07, 6.45) is -1.57. The largest absolute Gasteiger partial charge is 0.401 e. The number of carbonyl (C=O) groups is 1. The Hall–Kier alpha value is -0.240. The summed E-state index contributed by atoms with van der Waals surface area (Å²) in [5, 5.41) is 5.94. The first kappa shape index (κ1) is 20.8. The molecule has 0 aliphatic carbocycles. The molecule has 2 heterocycles. The molecule has 2 rings (SSSR count). The molecule has 0 aromatic carbocycles. The van der Waals surface area contributed by atoms with Gasteiger partial charge in [0, 0.05) is 13.1 Å². The lowest BCUT2D eigenvalue weighted by molar-refractivity contribution is -0.143. The molecule has 0 spiro atoms. The number of hydrogen-bond acceptors (Lipinski definition) is 3. The van der Waals surface area contributed by atoms with E-state index < -0.39 is 12.7 Å². The molecule has 4 nitrogen and oxygen atoms in total. The van der Waals surface area contributed by atoms with Gasteiger partial charge in [0.15, 0.2) is 0 Å². The summed E-state index contributed by atoms with van der Waals surface area (Å²) in [5.41, 5.74) is 0. The zero-order valence-electron chi connectivity index (χ0n) is 11.6. The molecule has 9 heteroatoms. The molecule has 2 fully saturated rings. The number of halogens is 5. The zero-order valence-corrected chi connectivity index (χ0v) is 13.3. The summed E-state index contributed by atoms with van der Waals surface area (Å²) in [6, 6.07) is -0.118. The van der Waals surface area contributed by atoms with Gasteiger partial charge in [-0.15, -0.1) is 24.8 Å². The molecule has 1 amide bonds. The van der Waals surface area contributed by atoms with E-state index in [0.29, 0.717) is 26.1 Å². The summed E-state index contributed by atoms with van der Waals surface area (Å²) >= 11 is 0. The van der Waals surface area contributed by atoms with E-state index in [1.165, 1.54) is 4.90 Å². The van der Waals surface area contributed by atoms with Crippen molar-refractivity contribution in [2.24, 2.45) is 5.92 Å². The van der Waals surface area contributed by atoms with Crippen LogP contribution in [0, 0.1) is 5.92 Å². The van der Waals surface area contributed by atoms with E-state index in [1.54, 1.807) is 0 Å². The van der Waals surface area contributed by atoms with E-state index in [4.69, 9.17) is 0 Å². The van der Waals surface area contributed by atoms with Crippen LogP contribution >= 0.6 is 24.8 Å². The van der Waals surface area contributed by atoms with Crippen LogP contribution in [0.25, 0.3) is 0 Å². The maximum Gasteiger partial charge on any atom is 0.401 e. The molecule has 2 saturated heterocycles. The van der Waals surface area contributed by atoms with Crippen molar-refractivity contribution < 1.29 is 18.0 Å². The molecule has 2 aliphatic heterocycles. The second-order valence-corrected chi connectivity index (χ2v) is 5.40. The van der Waals surface area contributed by atoms with Crippen LogP contribution in [0.3, 0.4) is 0 Å². The molecular formula is C12H22Cl2F3N3O. The van der Waals surface area contributed by atoms with Gasteiger partial charge in [-0.3, -0.25) is 9.69 Å². The monoisotopic (exact) mass is 351 g/mol. The number of likely N-dealkylation sites (tertiary alicyclic amines) is 1. The molecule has 0 aromatic heterocycles. The highest BCUT2D eigenvalue weighted by Gasteiger charge is 2.34. The van der Waals surface area contributed by atoms with Crippen LogP contribution in [0.5, 0.6) is 0 Å². The molecule has 2 aliphatic rings. The van der Waals surface area contributed by atoms with Gasteiger partial charge in [-0.2, -0.15) is 13.2 Å². The highest BCUT2D eigenvalue weighted by Crippen LogP contribution is 2.22. The number of rotatable bonds is 4. The molecule has 0 bridgehead atoms. The normalized spacial score (nSPS) is 26.0. The van der Waals surface area contributed by atoms with E-state index >= 15 is 0 Å². The van der Waals surface area contributed by atoms with Gasteiger partial charge in [0.25, 0.3) is 0 Å². The van der Waals surface area contributed by atoms with Crippen molar-refractivity contribution in [1.29, 1.82) is 0 Å². The van der Waals surface area contributed by atoms with Gasteiger partial charge in [0.1, 0.15) is 0 Å². The Morgan fingerprint density at radius 1 is 1.29 bits per heavy atom. The van der Waals surface area contributed by atoms with E-state index in [-0.39, 0.29) is 42.7 Å². The van der Waals surface area contributed by atoms with E-state index in [2.05, 4.69) is 10.6 Å². The van der Waals surface area contributed by atoms with Crippen LogP contribution in [-0.4, -0.2) is 55.7 Å². The first-order valence-electron chi connectivity index (χ1n) is 6.74. The van der Waals surface area contributed by atoms with Gasteiger partial charge in [0.2, 0.25) is 5.91 Å². The maximum absolute atomic E-state index is 12.2. The smallest absolute Gasteiger partial charge is 0.354 e. The van der Waals surface area contributed by atoms with Crippen molar-refractivity contribution in [1.82, 2.24) is 15.5 Å². The Kier molecular flexibility index (Phi) is 8.92. The summed E-state index contributed by atoms with van der Waals surface area (Å²) in [4.78, 5) is 13.2. The Labute approximate surface area is 135 Å². The minimum atomic E-state index is -4.13. The second-order valence-electron chi connectivity index (χ2n) is 5.40. The number of amides is 1. The predicted octanol–water partition coefficient (Wildman–Crippen LogP) is 1.58. The van der Waals surface area contributed by atoms with Crippen LogP contribution in [0.15, 0.2) is 0 Å². The van der Waals surface area contributed by atoms with Crippen molar-refractivity contribution in [2.75, 3.05) is 32.7 Å². The van der Waals surface area contributed by atoms with Gasteiger partial charge in [-0.25, -0.2) is 0 Å². The van der Waals surface area contributed by atoms with E-state index in [0.717, 1.165) is 19.4 Å². The van der Waals surface area contributed by atoms with Crippen LogP contribution in [0.1, 0.15) is 19.3 Å². The predicted molar refractivity (Wildman–Crippen MR) is 79.1 cm³/mol. The molecule has 126 valence electrons. The molecular weight excluding hydrogens is 330 g/mol. The van der Waals surface area contributed by atoms with Crippen molar-refractivity contribution >= 4 is 30.7 Å². The zero-order chi connectivity index (χ0) is 13.9. The summed E-state index contributed by atoms with van der Waals surface area (Å²) in [7, 11) is 0. The maximum atomic E-state index is 12.2. The second kappa shape index (κ2) is 9.02. The fourth-order valence-corrected chi connectivity index (χ4v) is 2.75. The number of nitrogens with one attached hydrogen (secondary N) is 2. The third-order valence-electron chi connectivity index (χ3n) is 3.71. The average Bonchev–Trinajstić information content (AvgIpc) is 2.94. The van der Waals surface area contributed by atoms with Crippen molar-refractivity contribution in [2.45, 2.75) is 31.5 Å². The summed E-state index contributed by atoms with van der Waals surface area (Å²) in [5.74, 6) is 0.111. The van der Waals surface area contributed by atoms with Gasteiger partial charge in [-0.05, 0) is 38.3 Å². The summed E-state index contributed by atoms with van der Waals surface area (Å²) < 4.78 is 36.7. The SMILES string of the molecule is Cl.Cl.O=C(NCC1CCN(CC(F)(F)F)C1)[C@@H]1CCCN1. The summed E-state index contributed by atoms with van der Waals surface area (Å²) in [6.45, 7) is 1.37. The van der Waals surface area contributed by atoms with Crippen LogP contribution in [0.4, 0.5) is 13.2 Å². The molecule has 2 N–H and O–H groups in total. The number of alkyl halides is 3. The molecule has 0 radical (unpaired) electrons.